The van der Waals surface area contributed by atoms with Crippen molar-refractivity contribution < 1.29 is 4.79 Å². The number of carbonyl (C=O) groups is 1. The molecule has 0 saturated carbocycles. The van der Waals surface area contributed by atoms with Crippen LogP contribution in [0, 0.1) is 23.2 Å². The molecule has 4 rings (SSSR count). The minimum absolute atomic E-state index is 0.232. The Kier molecular flexibility index (Phi) is 5.32. The van der Waals surface area contributed by atoms with Crippen molar-refractivity contribution in [2.45, 2.75) is 32.1 Å². The molecule has 5 nitrogen and oxygen atoms in total. The lowest BCUT2D eigenvalue weighted by Crippen LogP contribution is -2.43. The number of hydrogen-bond acceptors (Lipinski definition) is 4. The van der Waals surface area contributed by atoms with Crippen LogP contribution in [0.25, 0.3) is 10.9 Å². The molecular weight excluding hydrogens is 348 g/mol. The molecule has 1 amide bonds. The van der Waals surface area contributed by atoms with E-state index in [1.165, 1.54) is 0 Å². The summed E-state index contributed by atoms with van der Waals surface area (Å²) in [5.74, 6) is 1.47. The van der Waals surface area contributed by atoms with E-state index in [9.17, 15) is 10.1 Å². The van der Waals surface area contributed by atoms with Crippen LogP contribution in [0.1, 0.15) is 43.4 Å². The number of hydrogen-bond donors (Lipinski definition) is 0. The van der Waals surface area contributed by atoms with Crippen molar-refractivity contribution in [2.24, 2.45) is 11.8 Å². The van der Waals surface area contributed by atoms with E-state index in [1.54, 1.807) is 0 Å². The van der Waals surface area contributed by atoms with Crippen LogP contribution in [-0.4, -0.2) is 53.9 Å². The van der Waals surface area contributed by atoms with E-state index in [1.807, 2.05) is 18.2 Å². The molecule has 3 unspecified atom stereocenters. The molecule has 2 fully saturated rings. The van der Waals surface area contributed by atoms with Crippen molar-refractivity contribution in [2.75, 3.05) is 33.2 Å². The van der Waals surface area contributed by atoms with Gasteiger partial charge in [-0.3, -0.25) is 9.78 Å². The largest absolute Gasteiger partial charge is 0.342 e. The van der Waals surface area contributed by atoms with E-state index in [0.29, 0.717) is 23.8 Å². The zero-order valence-electron chi connectivity index (χ0n) is 16.8. The Bertz CT molecular complexity index is 918. The zero-order valence-corrected chi connectivity index (χ0v) is 16.8. The molecule has 2 aromatic rings. The fourth-order valence-corrected chi connectivity index (χ4v) is 4.82. The Morgan fingerprint density at radius 2 is 2.11 bits per heavy atom. The SMILES string of the molecule is CC1CC(c2ccc3cccc(C#N)c3n2)CN(C(=O)CC2CCN(C)C2)C1. The van der Waals surface area contributed by atoms with E-state index >= 15 is 0 Å². The molecule has 0 N–H and O–H groups in total. The first-order chi connectivity index (χ1) is 13.5. The molecule has 5 heteroatoms. The quantitative estimate of drug-likeness (QED) is 0.824. The number of para-hydroxylation sites is 1. The maximum absolute atomic E-state index is 12.9. The second kappa shape index (κ2) is 7.89. The first kappa shape index (κ1) is 18.9. The molecule has 2 aliphatic rings. The van der Waals surface area contributed by atoms with Gasteiger partial charge < -0.3 is 9.80 Å². The third kappa shape index (κ3) is 3.88. The van der Waals surface area contributed by atoms with E-state index in [0.717, 1.165) is 55.6 Å². The molecule has 0 aliphatic carbocycles. The van der Waals surface area contributed by atoms with Crippen molar-refractivity contribution in [3.63, 3.8) is 0 Å². The lowest BCUT2D eigenvalue weighted by molar-refractivity contribution is -0.134. The van der Waals surface area contributed by atoms with Crippen molar-refractivity contribution in [3.05, 3.63) is 41.6 Å². The molecule has 3 heterocycles. The van der Waals surface area contributed by atoms with Crippen molar-refractivity contribution >= 4 is 16.8 Å². The van der Waals surface area contributed by atoms with Gasteiger partial charge in [0.15, 0.2) is 0 Å². The third-order valence-corrected chi connectivity index (χ3v) is 6.25. The van der Waals surface area contributed by atoms with Crippen molar-refractivity contribution in [1.29, 1.82) is 5.26 Å². The van der Waals surface area contributed by atoms with Crippen LogP contribution in [0.2, 0.25) is 0 Å². The van der Waals surface area contributed by atoms with Gasteiger partial charge in [-0.2, -0.15) is 5.26 Å². The highest BCUT2D eigenvalue weighted by atomic mass is 16.2. The fraction of sp³-hybridized carbons (Fsp3) is 0.522. The summed E-state index contributed by atoms with van der Waals surface area (Å²) in [6, 6.07) is 12.1. The Hall–Kier alpha value is -2.45. The molecule has 3 atom stereocenters. The van der Waals surface area contributed by atoms with Crippen LogP contribution in [0.5, 0.6) is 0 Å². The second-order valence-electron chi connectivity index (χ2n) is 8.68. The number of amides is 1. The average molecular weight is 377 g/mol. The first-order valence-electron chi connectivity index (χ1n) is 10.3. The second-order valence-corrected chi connectivity index (χ2v) is 8.68. The summed E-state index contributed by atoms with van der Waals surface area (Å²) in [5, 5.41) is 10.4. The van der Waals surface area contributed by atoms with Gasteiger partial charge in [-0.25, -0.2) is 0 Å². The first-order valence-corrected chi connectivity index (χ1v) is 10.3. The lowest BCUT2D eigenvalue weighted by Gasteiger charge is -2.37. The molecule has 1 aromatic heterocycles. The van der Waals surface area contributed by atoms with Crippen LogP contribution < -0.4 is 0 Å². The number of pyridine rings is 1. The molecule has 2 saturated heterocycles. The van der Waals surface area contributed by atoms with Crippen LogP contribution in [-0.2, 0) is 4.79 Å². The zero-order chi connectivity index (χ0) is 19.7. The number of carbonyl (C=O) groups excluding carboxylic acids is 1. The highest BCUT2D eigenvalue weighted by molar-refractivity contribution is 5.84. The number of likely N-dealkylation sites (tertiary alicyclic amines) is 2. The Balaban J connectivity index is 1.52. The molecule has 0 radical (unpaired) electrons. The Morgan fingerprint density at radius 3 is 2.86 bits per heavy atom. The van der Waals surface area contributed by atoms with E-state index < -0.39 is 0 Å². The number of rotatable bonds is 3. The number of fused-ring (bicyclic) bond motifs is 1. The van der Waals surface area contributed by atoms with Gasteiger partial charge in [-0.1, -0.05) is 25.1 Å². The van der Waals surface area contributed by atoms with Gasteiger partial charge in [-0.15, -0.1) is 0 Å². The van der Waals surface area contributed by atoms with Gasteiger partial charge in [0.05, 0.1) is 11.1 Å². The van der Waals surface area contributed by atoms with Gasteiger partial charge in [0.1, 0.15) is 6.07 Å². The molecule has 146 valence electrons. The normalized spacial score (nSPS) is 25.8. The molecule has 2 aliphatic heterocycles. The minimum atomic E-state index is 0.232. The molecule has 0 bridgehead atoms. The van der Waals surface area contributed by atoms with Crippen LogP contribution >= 0.6 is 0 Å². The van der Waals surface area contributed by atoms with E-state index in [-0.39, 0.29) is 11.8 Å². The van der Waals surface area contributed by atoms with Gasteiger partial charge in [-0.05, 0) is 50.4 Å². The monoisotopic (exact) mass is 376 g/mol. The predicted octanol–water partition coefficient (Wildman–Crippen LogP) is 3.40. The molecule has 1 aromatic carbocycles. The number of benzene rings is 1. The van der Waals surface area contributed by atoms with Gasteiger partial charge in [0.25, 0.3) is 0 Å². The topological polar surface area (TPSA) is 60.2 Å². The highest BCUT2D eigenvalue weighted by Crippen LogP contribution is 2.31. The van der Waals surface area contributed by atoms with Crippen LogP contribution in [0.3, 0.4) is 0 Å². The summed E-state index contributed by atoms with van der Waals surface area (Å²) in [4.78, 5) is 22.1. The minimum Gasteiger partial charge on any atom is -0.342 e. The summed E-state index contributed by atoms with van der Waals surface area (Å²) >= 11 is 0. The van der Waals surface area contributed by atoms with Gasteiger partial charge >= 0.3 is 0 Å². The molecule has 28 heavy (non-hydrogen) atoms. The molecule has 0 spiro atoms. The number of piperidine rings is 1. The van der Waals surface area contributed by atoms with Crippen molar-refractivity contribution in [3.8, 4) is 6.07 Å². The molecular formula is C23H28N4O. The maximum Gasteiger partial charge on any atom is 0.222 e. The Labute approximate surface area is 167 Å². The van der Waals surface area contributed by atoms with Gasteiger partial charge in [0, 0.05) is 43.1 Å². The third-order valence-electron chi connectivity index (χ3n) is 6.25. The summed E-state index contributed by atoms with van der Waals surface area (Å²) in [7, 11) is 2.13. The highest BCUT2D eigenvalue weighted by Gasteiger charge is 2.31. The summed E-state index contributed by atoms with van der Waals surface area (Å²) in [6.07, 6.45) is 2.81. The fourth-order valence-electron chi connectivity index (χ4n) is 4.82. The number of nitriles is 1. The standard InChI is InChI=1S/C23H28N4O/c1-16-10-20(15-27(13-16)22(28)11-17-8-9-26(2)14-17)21-7-6-18-4-3-5-19(12-24)23(18)25-21/h3-7,16-17,20H,8-11,13-15H2,1-2H3. The lowest BCUT2D eigenvalue weighted by atomic mass is 9.87. The summed E-state index contributed by atoms with van der Waals surface area (Å²) < 4.78 is 0. The summed E-state index contributed by atoms with van der Waals surface area (Å²) in [5.41, 5.74) is 2.38. The van der Waals surface area contributed by atoms with Crippen molar-refractivity contribution in [1.82, 2.24) is 14.8 Å². The number of aromatic nitrogens is 1. The summed E-state index contributed by atoms with van der Waals surface area (Å²) in [6.45, 7) is 5.92. The predicted molar refractivity (Wildman–Crippen MR) is 110 cm³/mol. The van der Waals surface area contributed by atoms with Crippen LogP contribution in [0.4, 0.5) is 0 Å². The Morgan fingerprint density at radius 1 is 1.25 bits per heavy atom. The van der Waals surface area contributed by atoms with E-state index in [4.69, 9.17) is 4.98 Å². The number of nitrogens with zero attached hydrogens (tertiary/aromatic N) is 4. The average Bonchev–Trinajstić information content (AvgIpc) is 3.11. The van der Waals surface area contributed by atoms with Crippen LogP contribution in [0.15, 0.2) is 30.3 Å². The van der Waals surface area contributed by atoms with E-state index in [2.05, 4.69) is 42.0 Å². The smallest absolute Gasteiger partial charge is 0.222 e. The maximum atomic E-state index is 12.9. The van der Waals surface area contributed by atoms with Gasteiger partial charge in [0.2, 0.25) is 5.91 Å².